The van der Waals surface area contributed by atoms with E-state index in [1.165, 1.54) is 4.90 Å². The molecule has 5 heteroatoms. The van der Waals surface area contributed by atoms with Crippen LogP contribution in [0.25, 0.3) is 0 Å². The highest BCUT2D eigenvalue weighted by Crippen LogP contribution is 2.15. The first-order valence-corrected chi connectivity index (χ1v) is 8.27. The van der Waals surface area contributed by atoms with Gasteiger partial charge in [0, 0.05) is 26.2 Å². The average Bonchev–Trinajstić information content (AvgIpc) is 2.62. The van der Waals surface area contributed by atoms with Gasteiger partial charge in [0.05, 0.1) is 12.5 Å². The van der Waals surface area contributed by atoms with Crippen LogP contribution in [0.2, 0.25) is 0 Å². The van der Waals surface area contributed by atoms with Crippen molar-refractivity contribution in [3.8, 4) is 0 Å². The molecule has 0 heterocycles. The van der Waals surface area contributed by atoms with Gasteiger partial charge >= 0.3 is 0 Å². The van der Waals surface area contributed by atoms with Crippen molar-refractivity contribution in [1.82, 2.24) is 10.2 Å². The summed E-state index contributed by atoms with van der Waals surface area (Å²) in [7, 11) is 3.43. The molecule has 25 heavy (non-hydrogen) atoms. The molecular formula is C20H24N2O3. The Labute approximate surface area is 148 Å². The molecule has 1 unspecified atom stereocenters. The lowest BCUT2D eigenvalue weighted by Gasteiger charge is -2.12. The van der Waals surface area contributed by atoms with Crippen LogP contribution in [0.5, 0.6) is 0 Å². The first kappa shape index (κ1) is 18.7. The fourth-order valence-electron chi connectivity index (χ4n) is 2.51. The molecule has 0 aromatic heterocycles. The van der Waals surface area contributed by atoms with E-state index in [1.807, 2.05) is 36.4 Å². The van der Waals surface area contributed by atoms with Crippen LogP contribution in [-0.4, -0.2) is 42.5 Å². The molecule has 2 rings (SSSR count). The molecule has 2 aromatic rings. The highest BCUT2D eigenvalue weighted by atomic mass is 16.3. The van der Waals surface area contributed by atoms with E-state index in [1.54, 1.807) is 32.3 Å². The summed E-state index contributed by atoms with van der Waals surface area (Å²) in [5, 5.41) is 12.9. The molecule has 0 aliphatic heterocycles. The molecule has 2 amide bonds. The minimum atomic E-state index is -0.803. The van der Waals surface area contributed by atoms with Gasteiger partial charge in [-0.1, -0.05) is 42.5 Å². The minimum absolute atomic E-state index is 0.0309. The van der Waals surface area contributed by atoms with Crippen LogP contribution in [0.3, 0.4) is 0 Å². The average molecular weight is 340 g/mol. The van der Waals surface area contributed by atoms with E-state index in [4.69, 9.17) is 0 Å². The van der Waals surface area contributed by atoms with E-state index in [0.29, 0.717) is 18.5 Å². The monoisotopic (exact) mass is 340 g/mol. The molecule has 0 fully saturated rings. The lowest BCUT2D eigenvalue weighted by Crippen LogP contribution is -2.27. The Balaban J connectivity index is 1.81. The van der Waals surface area contributed by atoms with E-state index in [-0.39, 0.29) is 18.2 Å². The highest BCUT2D eigenvalue weighted by Gasteiger charge is 2.12. The van der Waals surface area contributed by atoms with Crippen molar-refractivity contribution in [2.24, 2.45) is 0 Å². The lowest BCUT2D eigenvalue weighted by molar-refractivity contribution is -0.123. The molecule has 0 aliphatic rings. The Morgan fingerprint density at radius 3 is 2.48 bits per heavy atom. The van der Waals surface area contributed by atoms with Gasteiger partial charge in [-0.2, -0.15) is 0 Å². The number of nitrogens with zero attached hydrogens (tertiary/aromatic N) is 1. The fourth-order valence-corrected chi connectivity index (χ4v) is 2.51. The molecule has 2 N–H and O–H groups in total. The van der Waals surface area contributed by atoms with Gasteiger partial charge in [-0.05, 0) is 29.7 Å². The Kier molecular flexibility index (Phi) is 6.71. The fraction of sp³-hybridized carbons (Fsp3) is 0.300. The van der Waals surface area contributed by atoms with E-state index in [0.717, 1.165) is 11.1 Å². The van der Waals surface area contributed by atoms with Gasteiger partial charge in [-0.3, -0.25) is 9.59 Å². The number of amides is 2. The molecule has 0 saturated carbocycles. The van der Waals surface area contributed by atoms with Crippen LogP contribution in [0.15, 0.2) is 54.6 Å². The number of nitrogens with one attached hydrogen (secondary N) is 1. The van der Waals surface area contributed by atoms with Crippen LogP contribution in [0.1, 0.15) is 34.0 Å². The van der Waals surface area contributed by atoms with Gasteiger partial charge in [-0.25, -0.2) is 0 Å². The van der Waals surface area contributed by atoms with Gasteiger partial charge in [0.1, 0.15) is 0 Å². The SMILES string of the molecule is CN(C)C(=O)c1cccc(CCNC(=O)CC(O)c2ccccc2)c1. The Morgan fingerprint density at radius 1 is 1.08 bits per heavy atom. The summed E-state index contributed by atoms with van der Waals surface area (Å²) < 4.78 is 0. The summed E-state index contributed by atoms with van der Waals surface area (Å²) in [5.41, 5.74) is 2.34. The predicted octanol–water partition coefficient (Wildman–Crippen LogP) is 2.17. The second kappa shape index (κ2) is 8.99. The Hall–Kier alpha value is -2.66. The van der Waals surface area contributed by atoms with Gasteiger partial charge in [0.2, 0.25) is 5.91 Å². The van der Waals surface area contributed by atoms with Crippen LogP contribution in [-0.2, 0) is 11.2 Å². The molecule has 2 aromatic carbocycles. The zero-order valence-electron chi connectivity index (χ0n) is 14.6. The maximum absolute atomic E-state index is 12.0. The summed E-state index contributed by atoms with van der Waals surface area (Å²) in [6.07, 6.45) is -0.146. The second-order valence-corrected chi connectivity index (χ2v) is 6.13. The van der Waals surface area contributed by atoms with Crippen molar-refractivity contribution < 1.29 is 14.7 Å². The maximum atomic E-state index is 12.0. The quantitative estimate of drug-likeness (QED) is 0.812. The molecule has 0 radical (unpaired) electrons. The van der Waals surface area contributed by atoms with E-state index in [2.05, 4.69) is 5.32 Å². The smallest absolute Gasteiger partial charge is 0.253 e. The Bertz CT molecular complexity index is 714. The third-order valence-electron chi connectivity index (χ3n) is 3.88. The summed E-state index contributed by atoms with van der Waals surface area (Å²) in [6.45, 7) is 0.458. The van der Waals surface area contributed by atoms with Gasteiger partial charge in [0.25, 0.3) is 5.91 Å². The normalized spacial score (nSPS) is 11.6. The highest BCUT2D eigenvalue weighted by molar-refractivity contribution is 5.94. The molecule has 0 bridgehead atoms. The van der Waals surface area contributed by atoms with Crippen molar-refractivity contribution >= 4 is 11.8 Å². The number of hydrogen-bond donors (Lipinski definition) is 2. The van der Waals surface area contributed by atoms with Crippen LogP contribution >= 0.6 is 0 Å². The Morgan fingerprint density at radius 2 is 1.80 bits per heavy atom. The number of aliphatic hydroxyl groups excluding tert-OH is 1. The molecule has 1 atom stereocenters. The van der Waals surface area contributed by atoms with Crippen molar-refractivity contribution in [2.45, 2.75) is 18.9 Å². The van der Waals surface area contributed by atoms with Crippen molar-refractivity contribution in [3.05, 3.63) is 71.3 Å². The summed E-state index contributed by atoms with van der Waals surface area (Å²) >= 11 is 0. The number of benzene rings is 2. The summed E-state index contributed by atoms with van der Waals surface area (Å²) in [5.74, 6) is -0.242. The van der Waals surface area contributed by atoms with Crippen molar-refractivity contribution in [2.75, 3.05) is 20.6 Å². The first-order chi connectivity index (χ1) is 12.0. The van der Waals surface area contributed by atoms with Crippen LogP contribution < -0.4 is 5.32 Å². The third kappa shape index (κ3) is 5.72. The number of rotatable bonds is 7. The van der Waals surface area contributed by atoms with Gasteiger partial charge in [-0.15, -0.1) is 0 Å². The van der Waals surface area contributed by atoms with Crippen LogP contribution in [0.4, 0.5) is 0 Å². The first-order valence-electron chi connectivity index (χ1n) is 8.27. The van der Waals surface area contributed by atoms with E-state index < -0.39 is 6.10 Å². The largest absolute Gasteiger partial charge is 0.388 e. The summed E-state index contributed by atoms with van der Waals surface area (Å²) in [4.78, 5) is 25.4. The zero-order valence-corrected chi connectivity index (χ0v) is 14.6. The van der Waals surface area contributed by atoms with Gasteiger partial charge in [0.15, 0.2) is 0 Å². The maximum Gasteiger partial charge on any atom is 0.253 e. The zero-order chi connectivity index (χ0) is 18.2. The van der Waals surface area contributed by atoms with E-state index >= 15 is 0 Å². The third-order valence-corrected chi connectivity index (χ3v) is 3.88. The topological polar surface area (TPSA) is 69.6 Å². The van der Waals surface area contributed by atoms with Gasteiger partial charge < -0.3 is 15.3 Å². The van der Waals surface area contributed by atoms with Crippen LogP contribution in [0, 0.1) is 0 Å². The molecule has 5 nitrogen and oxygen atoms in total. The molecule has 0 spiro atoms. The van der Waals surface area contributed by atoms with E-state index in [9.17, 15) is 14.7 Å². The lowest BCUT2D eigenvalue weighted by atomic mass is 10.1. The molecule has 0 aliphatic carbocycles. The second-order valence-electron chi connectivity index (χ2n) is 6.13. The predicted molar refractivity (Wildman–Crippen MR) is 97.2 cm³/mol. The number of carbonyl (C=O) groups is 2. The molecule has 132 valence electrons. The number of carbonyl (C=O) groups excluding carboxylic acids is 2. The molecule has 0 saturated heterocycles. The van der Waals surface area contributed by atoms with Crippen molar-refractivity contribution in [3.63, 3.8) is 0 Å². The standard InChI is InChI=1S/C20H24N2O3/c1-22(2)20(25)17-10-6-7-15(13-17)11-12-21-19(24)14-18(23)16-8-4-3-5-9-16/h3-10,13,18,23H,11-12,14H2,1-2H3,(H,21,24). The minimum Gasteiger partial charge on any atom is -0.388 e. The van der Waals surface area contributed by atoms with Crippen molar-refractivity contribution in [1.29, 1.82) is 0 Å². The number of aliphatic hydroxyl groups is 1. The number of hydrogen-bond acceptors (Lipinski definition) is 3. The molecular weight excluding hydrogens is 316 g/mol. The summed E-state index contributed by atoms with van der Waals surface area (Å²) in [6, 6.07) is 16.5.